The number of hydrogen-bond donors (Lipinski definition) is 1. The van der Waals surface area contributed by atoms with Crippen molar-refractivity contribution in [2.75, 3.05) is 32.7 Å². The topological polar surface area (TPSA) is 61.9 Å². The molecule has 2 saturated heterocycles. The van der Waals surface area contributed by atoms with E-state index in [1.807, 2.05) is 23.1 Å². The molecule has 0 saturated carbocycles. The zero-order valence-electron chi connectivity index (χ0n) is 14.8. The molecular weight excluding hydrogens is 427 g/mol. The number of carbonyl (C=O) groups is 1. The number of hydrogen-bond acceptors (Lipinski definition) is 2. The van der Waals surface area contributed by atoms with E-state index in [9.17, 15) is 4.79 Å². The zero-order chi connectivity index (χ0) is 16.8. The predicted octanol–water partition coefficient (Wildman–Crippen LogP) is 2.50. The molecule has 0 bridgehead atoms. The molecule has 2 heterocycles. The number of nitrogens with zero attached hydrogens (tertiary/aromatic N) is 3. The Morgan fingerprint density at radius 3 is 2.60 bits per heavy atom. The Morgan fingerprint density at radius 2 is 1.88 bits per heavy atom. The van der Waals surface area contributed by atoms with E-state index < -0.39 is 0 Å². The Labute approximate surface area is 167 Å². The van der Waals surface area contributed by atoms with Gasteiger partial charge in [0.25, 0.3) is 0 Å². The fraction of sp³-hybridized carbons (Fsp3) is 0.579. The maximum absolute atomic E-state index is 12.2. The van der Waals surface area contributed by atoms with E-state index in [0.29, 0.717) is 24.8 Å². The highest BCUT2D eigenvalue weighted by molar-refractivity contribution is 14.0. The summed E-state index contributed by atoms with van der Waals surface area (Å²) in [4.78, 5) is 20.9. The molecule has 5 nitrogen and oxygen atoms in total. The Hall–Kier alpha value is -1.31. The Bertz CT molecular complexity index is 572. The SMILES string of the molecule is I.NC(=NCC1CC(=O)N(CCc2ccccc2)C1)N1CCCCC1. The second-order valence-electron chi connectivity index (χ2n) is 6.89. The van der Waals surface area contributed by atoms with Gasteiger partial charge in [0.05, 0.1) is 0 Å². The van der Waals surface area contributed by atoms with Crippen LogP contribution in [-0.4, -0.2) is 54.4 Å². The van der Waals surface area contributed by atoms with Gasteiger partial charge in [-0.2, -0.15) is 0 Å². The lowest BCUT2D eigenvalue weighted by Crippen LogP contribution is -2.41. The normalized spacial score (nSPS) is 21.4. The number of carbonyl (C=O) groups excluding carboxylic acids is 1. The van der Waals surface area contributed by atoms with Gasteiger partial charge in [0.1, 0.15) is 0 Å². The number of likely N-dealkylation sites (tertiary alicyclic amines) is 2. The molecule has 2 N–H and O–H groups in total. The summed E-state index contributed by atoms with van der Waals surface area (Å²) in [5.41, 5.74) is 7.39. The molecule has 0 spiro atoms. The summed E-state index contributed by atoms with van der Waals surface area (Å²) in [5.74, 6) is 1.21. The van der Waals surface area contributed by atoms with Gasteiger partial charge in [-0.05, 0) is 31.2 Å². The second kappa shape index (κ2) is 9.99. The van der Waals surface area contributed by atoms with Crippen LogP contribution in [0.2, 0.25) is 0 Å². The summed E-state index contributed by atoms with van der Waals surface area (Å²) >= 11 is 0. The lowest BCUT2D eigenvalue weighted by atomic mass is 10.1. The molecule has 6 heteroatoms. The number of guanidine groups is 1. The van der Waals surface area contributed by atoms with Crippen LogP contribution < -0.4 is 5.73 Å². The van der Waals surface area contributed by atoms with E-state index >= 15 is 0 Å². The molecule has 2 fully saturated rings. The van der Waals surface area contributed by atoms with E-state index in [1.54, 1.807) is 0 Å². The molecule has 0 aliphatic carbocycles. The number of rotatable bonds is 5. The van der Waals surface area contributed by atoms with Crippen LogP contribution in [0.3, 0.4) is 0 Å². The van der Waals surface area contributed by atoms with E-state index in [1.165, 1.54) is 24.8 Å². The highest BCUT2D eigenvalue weighted by Crippen LogP contribution is 2.19. The maximum atomic E-state index is 12.2. The number of nitrogens with two attached hydrogens (primary N) is 1. The van der Waals surface area contributed by atoms with Gasteiger partial charge in [0, 0.05) is 45.1 Å². The van der Waals surface area contributed by atoms with Gasteiger partial charge in [-0.1, -0.05) is 30.3 Å². The van der Waals surface area contributed by atoms with Gasteiger partial charge in [-0.15, -0.1) is 24.0 Å². The molecule has 2 aliphatic heterocycles. The molecule has 1 unspecified atom stereocenters. The fourth-order valence-corrected chi connectivity index (χ4v) is 3.55. The van der Waals surface area contributed by atoms with Gasteiger partial charge >= 0.3 is 0 Å². The molecule has 0 radical (unpaired) electrons. The minimum Gasteiger partial charge on any atom is -0.370 e. The monoisotopic (exact) mass is 456 g/mol. The average molecular weight is 456 g/mol. The van der Waals surface area contributed by atoms with E-state index in [0.717, 1.165) is 32.6 Å². The van der Waals surface area contributed by atoms with E-state index in [-0.39, 0.29) is 29.9 Å². The third-order valence-corrected chi connectivity index (χ3v) is 5.00. The Kier molecular flexibility index (Phi) is 7.99. The van der Waals surface area contributed by atoms with Gasteiger partial charge in [-0.3, -0.25) is 9.79 Å². The van der Waals surface area contributed by atoms with E-state index in [4.69, 9.17) is 5.73 Å². The van der Waals surface area contributed by atoms with Crippen LogP contribution in [0.4, 0.5) is 0 Å². The fourth-order valence-electron chi connectivity index (χ4n) is 3.55. The van der Waals surface area contributed by atoms with Gasteiger partial charge < -0.3 is 15.5 Å². The van der Waals surface area contributed by atoms with Crippen molar-refractivity contribution >= 4 is 35.8 Å². The van der Waals surface area contributed by atoms with Crippen molar-refractivity contribution in [3.8, 4) is 0 Å². The molecule has 1 aromatic rings. The Morgan fingerprint density at radius 1 is 1.16 bits per heavy atom. The van der Waals surface area contributed by atoms with Crippen LogP contribution in [0.15, 0.2) is 35.3 Å². The molecular formula is C19H29IN4O. The first-order valence-corrected chi connectivity index (χ1v) is 9.09. The van der Waals surface area contributed by atoms with Crippen molar-refractivity contribution in [2.45, 2.75) is 32.1 Å². The minimum absolute atomic E-state index is 0. The first-order chi connectivity index (χ1) is 11.7. The smallest absolute Gasteiger partial charge is 0.223 e. The lowest BCUT2D eigenvalue weighted by molar-refractivity contribution is -0.127. The van der Waals surface area contributed by atoms with Crippen molar-refractivity contribution in [3.05, 3.63) is 35.9 Å². The van der Waals surface area contributed by atoms with Crippen molar-refractivity contribution < 1.29 is 4.79 Å². The number of halogens is 1. The van der Waals surface area contributed by atoms with Crippen LogP contribution in [0.5, 0.6) is 0 Å². The highest BCUT2D eigenvalue weighted by Gasteiger charge is 2.29. The molecule has 2 aliphatic rings. The zero-order valence-corrected chi connectivity index (χ0v) is 17.1. The molecule has 25 heavy (non-hydrogen) atoms. The summed E-state index contributed by atoms with van der Waals surface area (Å²) in [6, 6.07) is 10.3. The molecule has 3 rings (SSSR count). The molecule has 138 valence electrons. The van der Waals surface area contributed by atoms with Crippen LogP contribution in [0.1, 0.15) is 31.2 Å². The summed E-state index contributed by atoms with van der Waals surface area (Å²) in [6.45, 7) is 4.30. The summed E-state index contributed by atoms with van der Waals surface area (Å²) in [7, 11) is 0. The predicted molar refractivity (Wildman–Crippen MR) is 112 cm³/mol. The first kappa shape index (κ1) is 20.0. The van der Waals surface area contributed by atoms with Gasteiger partial charge in [0.15, 0.2) is 5.96 Å². The first-order valence-electron chi connectivity index (χ1n) is 9.09. The Balaban J connectivity index is 0.00000225. The lowest BCUT2D eigenvalue weighted by Gasteiger charge is -2.27. The highest BCUT2D eigenvalue weighted by atomic mass is 127. The number of aliphatic imine (C=N–C) groups is 1. The second-order valence-corrected chi connectivity index (χ2v) is 6.89. The summed E-state index contributed by atoms with van der Waals surface area (Å²) < 4.78 is 0. The van der Waals surface area contributed by atoms with Crippen LogP contribution in [0.25, 0.3) is 0 Å². The molecule has 0 aromatic heterocycles. The quantitative estimate of drug-likeness (QED) is 0.421. The largest absolute Gasteiger partial charge is 0.370 e. The number of piperidine rings is 1. The third-order valence-electron chi connectivity index (χ3n) is 5.00. The van der Waals surface area contributed by atoms with Crippen LogP contribution in [0, 0.1) is 5.92 Å². The minimum atomic E-state index is 0. The number of amides is 1. The summed E-state index contributed by atoms with van der Waals surface area (Å²) in [6.07, 6.45) is 5.21. The van der Waals surface area contributed by atoms with Crippen LogP contribution in [-0.2, 0) is 11.2 Å². The van der Waals surface area contributed by atoms with E-state index in [2.05, 4.69) is 22.0 Å². The van der Waals surface area contributed by atoms with Crippen molar-refractivity contribution in [3.63, 3.8) is 0 Å². The van der Waals surface area contributed by atoms with Gasteiger partial charge in [-0.25, -0.2) is 0 Å². The molecule has 1 atom stereocenters. The third kappa shape index (κ3) is 5.87. The summed E-state index contributed by atoms with van der Waals surface area (Å²) in [5, 5.41) is 0. The number of benzene rings is 1. The van der Waals surface area contributed by atoms with Crippen molar-refractivity contribution in [2.24, 2.45) is 16.6 Å². The maximum Gasteiger partial charge on any atom is 0.223 e. The standard InChI is InChI=1S/C19H28N4O.HI/c20-19(22-10-5-2-6-11-22)21-14-17-13-18(24)23(15-17)12-9-16-7-3-1-4-8-16;/h1,3-4,7-8,17H,2,5-6,9-15H2,(H2,20,21);1H. The van der Waals surface area contributed by atoms with Crippen molar-refractivity contribution in [1.29, 1.82) is 0 Å². The molecule has 1 amide bonds. The molecule has 1 aromatic carbocycles. The van der Waals surface area contributed by atoms with Gasteiger partial charge in [0.2, 0.25) is 5.91 Å². The van der Waals surface area contributed by atoms with Crippen LogP contribution >= 0.6 is 24.0 Å². The van der Waals surface area contributed by atoms with Crippen molar-refractivity contribution in [1.82, 2.24) is 9.80 Å². The average Bonchev–Trinajstić information content (AvgIpc) is 2.99.